The normalized spacial score (nSPS) is 11.3. The minimum absolute atomic E-state index is 0.597. The Bertz CT molecular complexity index is 261. The minimum Gasteiger partial charge on any atom is -0.309 e. The van der Waals surface area contributed by atoms with Crippen LogP contribution in [-0.2, 0) is 6.54 Å². The first-order chi connectivity index (χ1) is 7.20. The van der Waals surface area contributed by atoms with E-state index in [0.717, 1.165) is 25.5 Å². The van der Waals surface area contributed by atoms with Crippen LogP contribution < -0.4 is 5.32 Å². The number of rotatable bonds is 6. The van der Waals surface area contributed by atoms with Crippen molar-refractivity contribution in [3.8, 4) is 0 Å². The van der Waals surface area contributed by atoms with Crippen molar-refractivity contribution >= 4 is 0 Å². The standard InChI is InChI=1S/C11H20N4/c1-10(2)15(3)8-7-12-9-11-13-5-4-6-14-11/h4-6,10,12H,7-9H2,1-3H3. The maximum Gasteiger partial charge on any atom is 0.141 e. The van der Waals surface area contributed by atoms with E-state index in [1.807, 2.05) is 6.07 Å². The summed E-state index contributed by atoms with van der Waals surface area (Å²) in [5.74, 6) is 0.852. The molecule has 0 saturated carbocycles. The van der Waals surface area contributed by atoms with E-state index in [0.29, 0.717) is 6.04 Å². The van der Waals surface area contributed by atoms with Crippen LogP contribution in [0.15, 0.2) is 18.5 Å². The lowest BCUT2D eigenvalue weighted by Gasteiger charge is -2.20. The minimum atomic E-state index is 0.597. The Morgan fingerprint density at radius 2 is 2.00 bits per heavy atom. The molecule has 0 saturated heterocycles. The number of likely N-dealkylation sites (N-methyl/N-ethyl adjacent to an activating group) is 1. The third kappa shape index (κ3) is 4.85. The van der Waals surface area contributed by atoms with Crippen molar-refractivity contribution in [2.24, 2.45) is 0 Å². The second-order valence-corrected chi connectivity index (χ2v) is 3.92. The average Bonchev–Trinajstić information content (AvgIpc) is 2.25. The smallest absolute Gasteiger partial charge is 0.141 e. The van der Waals surface area contributed by atoms with Crippen LogP contribution in [0.25, 0.3) is 0 Å². The molecule has 0 aromatic carbocycles. The van der Waals surface area contributed by atoms with Gasteiger partial charge in [-0.1, -0.05) is 0 Å². The van der Waals surface area contributed by atoms with E-state index < -0.39 is 0 Å². The first kappa shape index (κ1) is 12.1. The second kappa shape index (κ2) is 6.48. The van der Waals surface area contributed by atoms with Gasteiger partial charge in [-0.05, 0) is 27.0 Å². The molecule has 0 aliphatic rings. The van der Waals surface area contributed by atoms with Crippen LogP contribution in [0.3, 0.4) is 0 Å². The SMILES string of the molecule is CC(C)N(C)CCNCc1ncccn1. The Morgan fingerprint density at radius 3 is 2.60 bits per heavy atom. The van der Waals surface area contributed by atoms with Crippen molar-refractivity contribution in [1.82, 2.24) is 20.2 Å². The molecule has 4 heteroatoms. The molecule has 0 spiro atoms. The average molecular weight is 208 g/mol. The highest BCUT2D eigenvalue weighted by Crippen LogP contribution is 1.91. The van der Waals surface area contributed by atoms with Crippen LogP contribution in [0.1, 0.15) is 19.7 Å². The Hall–Kier alpha value is -1.00. The van der Waals surface area contributed by atoms with E-state index in [4.69, 9.17) is 0 Å². The predicted octanol–water partition coefficient (Wildman–Crippen LogP) is 0.906. The van der Waals surface area contributed by atoms with Gasteiger partial charge in [-0.15, -0.1) is 0 Å². The van der Waals surface area contributed by atoms with Crippen LogP contribution in [-0.4, -0.2) is 41.0 Å². The summed E-state index contributed by atoms with van der Waals surface area (Å²) in [5.41, 5.74) is 0. The van der Waals surface area contributed by atoms with Crippen molar-refractivity contribution in [3.05, 3.63) is 24.3 Å². The lowest BCUT2D eigenvalue weighted by Crippen LogP contribution is -2.33. The van der Waals surface area contributed by atoms with Crippen LogP contribution >= 0.6 is 0 Å². The zero-order valence-corrected chi connectivity index (χ0v) is 9.77. The van der Waals surface area contributed by atoms with Gasteiger partial charge in [0.2, 0.25) is 0 Å². The van der Waals surface area contributed by atoms with Gasteiger partial charge in [0, 0.05) is 31.5 Å². The monoisotopic (exact) mass is 208 g/mol. The Morgan fingerprint density at radius 1 is 1.33 bits per heavy atom. The fourth-order valence-corrected chi connectivity index (χ4v) is 1.14. The van der Waals surface area contributed by atoms with E-state index in [9.17, 15) is 0 Å². The zero-order valence-electron chi connectivity index (χ0n) is 9.77. The molecule has 84 valence electrons. The summed E-state index contributed by atoms with van der Waals surface area (Å²) in [6.07, 6.45) is 3.54. The topological polar surface area (TPSA) is 41.0 Å². The highest BCUT2D eigenvalue weighted by molar-refractivity contribution is 4.87. The molecule has 15 heavy (non-hydrogen) atoms. The largest absolute Gasteiger partial charge is 0.309 e. The summed E-state index contributed by atoms with van der Waals surface area (Å²) in [6.45, 7) is 7.14. The van der Waals surface area contributed by atoms with Gasteiger partial charge in [-0.3, -0.25) is 0 Å². The summed E-state index contributed by atoms with van der Waals surface area (Å²) in [6, 6.07) is 2.43. The predicted molar refractivity (Wildman–Crippen MR) is 61.5 cm³/mol. The molecule has 1 aromatic rings. The molecular weight excluding hydrogens is 188 g/mol. The van der Waals surface area contributed by atoms with E-state index in [-0.39, 0.29) is 0 Å². The van der Waals surface area contributed by atoms with Crippen molar-refractivity contribution < 1.29 is 0 Å². The number of aromatic nitrogens is 2. The number of hydrogen-bond donors (Lipinski definition) is 1. The molecule has 4 nitrogen and oxygen atoms in total. The molecule has 1 rings (SSSR count). The lowest BCUT2D eigenvalue weighted by atomic mass is 10.3. The van der Waals surface area contributed by atoms with Gasteiger partial charge >= 0.3 is 0 Å². The Labute approximate surface area is 91.7 Å². The number of nitrogens with zero attached hydrogens (tertiary/aromatic N) is 3. The van der Waals surface area contributed by atoms with Gasteiger partial charge in [-0.25, -0.2) is 9.97 Å². The Balaban J connectivity index is 2.12. The summed E-state index contributed by atoms with van der Waals surface area (Å²) in [7, 11) is 2.13. The molecule has 0 unspecified atom stereocenters. The van der Waals surface area contributed by atoms with Crippen molar-refractivity contribution in [2.75, 3.05) is 20.1 Å². The quantitative estimate of drug-likeness (QED) is 0.705. The van der Waals surface area contributed by atoms with E-state index in [2.05, 4.69) is 41.1 Å². The molecule has 0 aliphatic heterocycles. The molecule has 0 fully saturated rings. The molecule has 0 aliphatic carbocycles. The molecule has 1 heterocycles. The van der Waals surface area contributed by atoms with Gasteiger partial charge in [0.25, 0.3) is 0 Å². The maximum absolute atomic E-state index is 4.14. The molecule has 1 aromatic heterocycles. The third-order valence-electron chi connectivity index (χ3n) is 2.43. The maximum atomic E-state index is 4.14. The van der Waals surface area contributed by atoms with Crippen LogP contribution in [0, 0.1) is 0 Å². The molecule has 0 amide bonds. The van der Waals surface area contributed by atoms with Crippen molar-refractivity contribution in [3.63, 3.8) is 0 Å². The van der Waals surface area contributed by atoms with Crippen molar-refractivity contribution in [1.29, 1.82) is 0 Å². The van der Waals surface area contributed by atoms with E-state index in [1.54, 1.807) is 12.4 Å². The zero-order chi connectivity index (χ0) is 11.1. The third-order valence-corrected chi connectivity index (χ3v) is 2.43. The number of nitrogens with one attached hydrogen (secondary N) is 1. The molecule has 0 bridgehead atoms. The first-order valence-corrected chi connectivity index (χ1v) is 5.37. The highest BCUT2D eigenvalue weighted by atomic mass is 15.1. The second-order valence-electron chi connectivity index (χ2n) is 3.92. The summed E-state index contributed by atoms with van der Waals surface area (Å²) in [5, 5.41) is 3.32. The Kier molecular flexibility index (Phi) is 5.21. The molecular formula is C11H20N4. The van der Waals surface area contributed by atoms with Gasteiger partial charge in [0.15, 0.2) is 0 Å². The fraction of sp³-hybridized carbons (Fsp3) is 0.636. The summed E-state index contributed by atoms with van der Waals surface area (Å²) < 4.78 is 0. The van der Waals surface area contributed by atoms with Gasteiger partial charge in [-0.2, -0.15) is 0 Å². The fourth-order valence-electron chi connectivity index (χ4n) is 1.14. The first-order valence-electron chi connectivity index (χ1n) is 5.37. The number of hydrogen-bond acceptors (Lipinski definition) is 4. The van der Waals surface area contributed by atoms with Gasteiger partial charge < -0.3 is 10.2 Å². The van der Waals surface area contributed by atoms with Crippen molar-refractivity contribution in [2.45, 2.75) is 26.4 Å². The highest BCUT2D eigenvalue weighted by Gasteiger charge is 2.01. The molecule has 0 atom stereocenters. The molecule has 0 radical (unpaired) electrons. The van der Waals surface area contributed by atoms with Crippen LogP contribution in [0.2, 0.25) is 0 Å². The summed E-state index contributed by atoms with van der Waals surface area (Å²) >= 11 is 0. The van der Waals surface area contributed by atoms with Crippen LogP contribution in [0.4, 0.5) is 0 Å². The summed E-state index contributed by atoms with van der Waals surface area (Å²) in [4.78, 5) is 10.6. The van der Waals surface area contributed by atoms with Gasteiger partial charge in [0.1, 0.15) is 5.82 Å². The van der Waals surface area contributed by atoms with Gasteiger partial charge in [0.05, 0.1) is 6.54 Å². The van der Waals surface area contributed by atoms with E-state index in [1.165, 1.54) is 0 Å². The van der Waals surface area contributed by atoms with Crippen LogP contribution in [0.5, 0.6) is 0 Å². The molecule has 1 N–H and O–H groups in total. The lowest BCUT2D eigenvalue weighted by molar-refractivity contribution is 0.273. The van der Waals surface area contributed by atoms with E-state index >= 15 is 0 Å².